The van der Waals surface area contributed by atoms with E-state index in [-0.39, 0.29) is 18.1 Å². The van der Waals surface area contributed by atoms with Crippen LogP contribution in [-0.4, -0.2) is 23.8 Å². The molecule has 4 rings (SSSR count). The van der Waals surface area contributed by atoms with E-state index in [0.29, 0.717) is 38.2 Å². The summed E-state index contributed by atoms with van der Waals surface area (Å²) < 4.78 is 5.19. The molecular formula is C25H20Cl2N2O3. The molecule has 0 aromatic heterocycles. The van der Waals surface area contributed by atoms with Crippen LogP contribution in [-0.2, 0) is 16.1 Å². The van der Waals surface area contributed by atoms with Crippen molar-refractivity contribution in [2.45, 2.75) is 13.5 Å². The zero-order valence-corrected chi connectivity index (χ0v) is 19.0. The lowest BCUT2D eigenvalue weighted by Gasteiger charge is -2.16. The molecule has 0 aliphatic carbocycles. The highest BCUT2D eigenvalue weighted by Gasteiger charge is 2.39. The number of halogens is 2. The normalized spacial score (nSPS) is 13.7. The minimum Gasteiger partial charge on any atom is -0.495 e. The predicted molar refractivity (Wildman–Crippen MR) is 127 cm³/mol. The Morgan fingerprint density at radius 3 is 2.28 bits per heavy atom. The molecule has 0 spiro atoms. The van der Waals surface area contributed by atoms with Gasteiger partial charge in [0.05, 0.1) is 24.3 Å². The molecule has 0 fully saturated rings. The SMILES string of the molecule is COc1ccc(NC2=C(c3ccc(C)cc3)C(=O)N(Cc3ccccc3Cl)C2=O)cc1Cl. The molecule has 0 radical (unpaired) electrons. The lowest BCUT2D eigenvalue weighted by atomic mass is 10.0. The van der Waals surface area contributed by atoms with Crippen LogP contribution < -0.4 is 10.1 Å². The molecular weight excluding hydrogens is 447 g/mol. The molecule has 1 aliphatic rings. The van der Waals surface area contributed by atoms with Gasteiger partial charge < -0.3 is 10.1 Å². The third kappa shape index (κ3) is 4.22. The number of hydrogen-bond acceptors (Lipinski definition) is 4. The van der Waals surface area contributed by atoms with Gasteiger partial charge in [-0.1, -0.05) is 71.2 Å². The van der Waals surface area contributed by atoms with Crippen molar-refractivity contribution in [3.8, 4) is 5.75 Å². The highest BCUT2D eigenvalue weighted by atomic mass is 35.5. The second kappa shape index (κ2) is 9.07. The fraction of sp³-hybridized carbons (Fsp3) is 0.120. The van der Waals surface area contributed by atoms with Crippen LogP contribution >= 0.6 is 23.2 Å². The fourth-order valence-electron chi connectivity index (χ4n) is 3.51. The van der Waals surface area contributed by atoms with E-state index in [1.54, 1.807) is 36.4 Å². The summed E-state index contributed by atoms with van der Waals surface area (Å²) in [6, 6.07) is 19.7. The number of amides is 2. The number of carbonyl (C=O) groups is 2. The molecule has 0 saturated carbocycles. The molecule has 162 valence electrons. The van der Waals surface area contributed by atoms with E-state index in [1.807, 2.05) is 37.3 Å². The van der Waals surface area contributed by atoms with Crippen molar-refractivity contribution in [2.24, 2.45) is 0 Å². The maximum absolute atomic E-state index is 13.4. The lowest BCUT2D eigenvalue weighted by molar-refractivity contribution is -0.137. The monoisotopic (exact) mass is 466 g/mol. The molecule has 0 saturated heterocycles. The Morgan fingerprint density at radius 2 is 1.62 bits per heavy atom. The first kappa shape index (κ1) is 21.9. The van der Waals surface area contributed by atoms with E-state index in [2.05, 4.69) is 5.32 Å². The summed E-state index contributed by atoms with van der Waals surface area (Å²) >= 11 is 12.5. The number of methoxy groups -OCH3 is 1. The average molecular weight is 467 g/mol. The molecule has 0 atom stereocenters. The second-order valence-electron chi connectivity index (χ2n) is 7.38. The van der Waals surface area contributed by atoms with E-state index in [0.717, 1.165) is 5.56 Å². The lowest BCUT2D eigenvalue weighted by Crippen LogP contribution is -2.32. The van der Waals surface area contributed by atoms with Crippen LogP contribution in [0.3, 0.4) is 0 Å². The Morgan fingerprint density at radius 1 is 0.906 bits per heavy atom. The maximum atomic E-state index is 13.4. The van der Waals surface area contributed by atoms with Crippen molar-refractivity contribution in [1.29, 1.82) is 0 Å². The van der Waals surface area contributed by atoms with Crippen LogP contribution in [0.4, 0.5) is 5.69 Å². The van der Waals surface area contributed by atoms with Gasteiger partial charge in [0.15, 0.2) is 0 Å². The molecule has 5 nitrogen and oxygen atoms in total. The summed E-state index contributed by atoms with van der Waals surface area (Å²) in [7, 11) is 1.53. The first-order valence-electron chi connectivity index (χ1n) is 9.90. The minimum absolute atomic E-state index is 0.0707. The molecule has 0 bridgehead atoms. The predicted octanol–water partition coefficient (Wildman–Crippen LogP) is 5.70. The molecule has 32 heavy (non-hydrogen) atoms. The van der Waals surface area contributed by atoms with E-state index < -0.39 is 5.91 Å². The third-order valence-corrected chi connectivity index (χ3v) is 5.88. The summed E-state index contributed by atoms with van der Waals surface area (Å²) in [6.45, 7) is 2.03. The van der Waals surface area contributed by atoms with E-state index in [9.17, 15) is 9.59 Å². The fourth-order valence-corrected chi connectivity index (χ4v) is 3.96. The number of nitrogens with one attached hydrogen (secondary N) is 1. The third-order valence-electron chi connectivity index (χ3n) is 5.22. The Bertz CT molecular complexity index is 1240. The first-order chi connectivity index (χ1) is 15.4. The molecule has 2 amide bonds. The van der Waals surface area contributed by atoms with Crippen molar-refractivity contribution in [1.82, 2.24) is 4.90 Å². The van der Waals surface area contributed by atoms with Gasteiger partial charge >= 0.3 is 0 Å². The van der Waals surface area contributed by atoms with E-state index in [1.165, 1.54) is 12.0 Å². The van der Waals surface area contributed by atoms with Crippen LogP contribution in [0.25, 0.3) is 5.57 Å². The Hall–Kier alpha value is -3.28. The number of carbonyl (C=O) groups excluding carboxylic acids is 2. The quantitative estimate of drug-likeness (QED) is 0.473. The highest BCUT2D eigenvalue weighted by Crippen LogP contribution is 2.34. The van der Waals surface area contributed by atoms with Crippen LogP contribution in [0.1, 0.15) is 16.7 Å². The van der Waals surface area contributed by atoms with Crippen molar-refractivity contribution in [2.75, 3.05) is 12.4 Å². The van der Waals surface area contributed by atoms with Crippen LogP contribution in [0, 0.1) is 6.92 Å². The van der Waals surface area contributed by atoms with Gasteiger partial charge in [0, 0.05) is 10.7 Å². The van der Waals surface area contributed by atoms with Gasteiger partial charge in [-0.25, -0.2) is 0 Å². The summed E-state index contributed by atoms with van der Waals surface area (Å²) in [5.74, 6) is -0.308. The standard InChI is InChI=1S/C25H20Cl2N2O3/c1-15-7-9-16(10-8-15)22-23(28-18-11-12-21(32-2)20(27)13-18)25(31)29(24(22)30)14-17-5-3-4-6-19(17)26/h3-13,28H,14H2,1-2H3. The number of aryl methyl sites for hydroxylation is 1. The number of ether oxygens (including phenoxy) is 1. The summed E-state index contributed by atoms with van der Waals surface area (Å²) in [5.41, 5.74) is 3.44. The number of hydrogen-bond donors (Lipinski definition) is 1. The van der Waals surface area contributed by atoms with Crippen LogP contribution in [0.5, 0.6) is 5.75 Å². The largest absolute Gasteiger partial charge is 0.495 e. The number of benzene rings is 3. The molecule has 1 heterocycles. The number of nitrogens with zero attached hydrogens (tertiary/aromatic N) is 1. The Balaban J connectivity index is 1.75. The molecule has 3 aromatic carbocycles. The van der Waals surface area contributed by atoms with Crippen molar-refractivity contribution in [3.05, 3.63) is 99.2 Å². The van der Waals surface area contributed by atoms with Gasteiger partial charge in [-0.3, -0.25) is 14.5 Å². The van der Waals surface area contributed by atoms with Gasteiger partial charge in [0.2, 0.25) is 0 Å². The Labute approximate surface area is 196 Å². The van der Waals surface area contributed by atoms with Gasteiger partial charge in [-0.05, 0) is 42.3 Å². The minimum atomic E-state index is -0.433. The number of rotatable bonds is 6. The molecule has 7 heteroatoms. The second-order valence-corrected chi connectivity index (χ2v) is 8.19. The molecule has 3 aromatic rings. The average Bonchev–Trinajstić information content (AvgIpc) is 3.00. The van der Waals surface area contributed by atoms with Gasteiger partial charge in [-0.15, -0.1) is 0 Å². The maximum Gasteiger partial charge on any atom is 0.278 e. The van der Waals surface area contributed by atoms with Crippen molar-refractivity contribution in [3.63, 3.8) is 0 Å². The number of anilines is 1. The number of imide groups is 1. The van der Waals surface area contributed by atoms with Crippen LogP contribution in [0.15, 0.2) is 72.4 Å². The topological polar surface area (TPSA) is 58.6 Å². The van der Waals surface area contributed by atoms with E-state index >= 15 is 0 Å². The summed E-state index contributed by atoms with van der Waals surface area (Å²) in [6.07, 6.45) is 0. The van der Waals surface area contributed by atoms with Crippen molar-refractivity contribution < 1.29 is 14.3 Å². The first-order valence-corrected chi connectivity index (χ1v) is 10.7. The van der Waals surface area contributed by atoms with Crippen LogP contribution in [0.2, 0.25) is 10.0 Å². The smallest absolute Gasteiger partial charge is 0.278 e. The summed E-state index contributed by atoms with van der Waals surface area (Å²) in [4.78, 5) is 28.0. The van der Waals surface area contributed by atoms with Gasteiger partial charge in [0.1, 0.15) is 11.4 Å². The molecule has 0 unspecified atom stereocenters. The van der Waals surface area contributed by atoms with Crippen molar-refractivity contribution >= 4 is 46.3 Å². The van der Waals surface area contributed by atoms with Gasteiger partial charge in [-0.2, -0.15) is 0 Å². The molecule has 1 aliphatic heterocycles. The highest BCUT2D eigenvalue weighted by molar-refractivity contribution is 6.37. The summed E-state index contributed by atoms with van der Waals surface area (Å²) in [5, 5.41) is 3.98. The van der Waals surface area contributed by atoms with Gasteiger partial charge in [0.25, 0.3) is 11.8 Å². The molecule has 1 N–H and O–H groups in total. The van der Waals surface area contributed by atoms with E-state index in [4.69, 9.17) is 27.9 Å². The Kier molecular flexibility index (Phi) is 6.21. The zero-order valence-electron chi connectivity index (χ0n) is 17.5. The zero-order chi connectivity index (χ0) is 22.8.